The maximum atomic E-state index is 5.85. The molecule has 4 heteroatoms. The zero-order valence-corrected chi connectivity index (χ0v) is 9.29. The Hall–Kier alpha value is -1.06. The molecule has 2 aromatic rings. The van der Waals surface area contributed by atoms with Crippen LogP contribution in [0.15, 0.2) is 22.6 Å². The molecule has 0 saturated heterocycles. The van der Waals surface area contributed by atoms with E-state index in [1.54, 1.807) is 12.1 Å². The van der Waals surface area contributed by atoms with Crippen molar-refractivity contribution in [2.45, 2.75) is 25.8 Å². The summed E-state index contributed by atoms with van der Waals surface area (Å²) < 4.78 is 5.55. The van der Waals surface area contributed by atoms with Gasteiger partial charge in [-0.15, -0.1) is 0 Å². The summed E-state index contributed by atoms with van der Waals surface area (Å²) in [6, 6.07) is 5.60. The number of oxazole rings is 1. The van der Waals surface area contributed by atoms with Crippen LogP contribution in [0.4, 0.5) is 0 Å². The van der Waals surface area contributed by atoms with E-state index in [-0.39, 0.29) is 6.04 Å². The number of nitrogens with two attached hydrogens (primary N) is 1. The molecule has 1 aromatic carbocycles. The number of rotatable bonds is 3. The first kappa shape index (κ1) is 10.5. The highest BCUT2D eigenvalue weighted by Crippen LogP contribution is 2.20. The Balaban J connectivity index is 2.23. The maximum absolute atomic E-state index is 5.85. The van der Waals surface area contributed by atoms with Gasteiger partial charge in [-0.3, -0.25) is 0 Å². The molecular formula is C11H13ClN2O. The highest BCUT2D eigenvalue weighted by Gasteiger charge is 2.06. The molecule has 1 aromatic heterocycles. The Kier molecular flexibility index (Phi) is 2.93. The average molecular weight is 225 g/mol. The molecule has 0 amide bonds. The van der Waals surface area contributed by atoms with Crippen molar-refractivity contribution in [1.82, 2.24) is 4.98 Å². The Morgan fingerprint density at radius 3 is 3.07 bits per heavy atom. The third kappa shape index (κ3) is 2.49. The number of aryl methyl sites for hydroxylation is 1. The smallest absolute Gasteiger partial charge is 0.195 e. The molecule has 0 aliphatic heterocycles. The Morgan fingerprint density at radius 2 is 2.33 bits per heavy atom. The molecule has 0 saturated carbocycles. The maximum Gasteiger partial charge on any atom is 0.195 e. The van der Waals surface area contributed by atoms with Gasteiger partial charge in [0, 0.05) is 17.5 Å². The Bertz CT molecular complexity index is 465. The van der Waals surface area contributed by atoms with E-state index in [2.05, 4.69) is 4.98 Å². The molecule has 0 radical (unpaired) electrons. The van der Waals surface area contributed by atoms with Crippen molar-refractivity contribution < 1.29 is 4.42 Å². The number of benzene rings is 1. The summed E-state index contributed by atoms with van der Waals surface area (Å²) in [5.74, 6) is 0.726. The number of aromatic nitrogens is 1. The fraction of sp³-hybridized carbons (Fsp3) is 0.364. The molecule has 80 valence electrons. The Labute approximate surface area is 93.2 Å². The third-order valence-corrected chi connectivity index (χ3v) is 2.44. The van der Waals surface area contributed by atoms with Crippen LogP contribution in [-0.4, -0.2) is 11.0 Å². The SMILES string of the molecule is CC(N)CCc1nc2cc(Cl)ccc2o1. The molecule has 1 unspecified atom stereocenters. The second kappa shape index (κ2) is 4.21. The molecular weight excluding hydrogens is 212 g/mol. The van der Waals surface area contributed by atoms with Crippen molar-refractivity contribution >= 4 is 22.7 Å². The van der Waals surface area contributed by atoms with Crippen molar-refractivity contribution in [2.75, 3.05) is 0 Å². The normalized spacial score (nSPS) is 13.3. The summed E-state index contributed by atoms with van der Waals surface area (Å²) in [5.41, 5.74) is 7.25. The van der Waals surface area contributed by atoms with Crippen LogP contribution in [0.2, 0.25) is 5.02 Å². The molecule has 0 spiro atoms. The van der Waals surface area contributed by atoms with Gasteiger partial charge >= 0.3 is 0 Å². The number of hydrogen-bond acceptors (Lipinski definition) is 3. The van der Waals surface area contributed by atoms with Crippen LogP contribution in [0.5, 0.6) is 0 Å². The van der Waals surface area contributed by atoms with Crippen LogP contribution in [0.25, 0.3) is 11.1 Å². The van der Waals surface area contributed by atoms with Crippen LogP contribution < -0.4 is 5.73 Å². The van der Waals surface area contributed by atoms with Gasteiger partial charge in [0.15, 0.2) is 11.5 Å². The van der Waals surface area contributed by atoms with Crippen molar-refractivity contribution in [3.05, 3.63) is 29.1 Å². The summed E-state index contributed by atoms with van der Waals surface area (Å²) in [6.45, 7) is 1.97. The fourth-order valence-electron chi connectivity index (χ4n) is 1.41. The van der Waals surface area contributed by atoms with Gasteiger partial charge in [0.1, 0.15) is 5.52 Å². The number of fused-ring (bicyclic) bond motifs is 1. The van der Waals surface area contributed by atoms with E-state index in [1.807, 2.05) is 13.0 Å². The molecule has 2 rings (SSSR count). The van der Waals surface area contributed by atoms with E-state index in [9.17, 15) is 0 Å². The van der Waals surface area contributed by atoms with E-state index in [4.69, 9.17) is 21.8 Å². The van der Waals surface area contributed by atoms with Gasteiger partial charge in [-0.25, -0.2) is 4.98 Å². The van der Waals surface area contributed by atoms with Crippen LogP contribution >= 0.6 is 11.6 Å². The lowest BCUT2D eigenvalue weighted by Crippen LogP contribution is -2.15. The monoisotopic (exact) mass is 224 g/mol. The molecule has 3 nitrogen and oxygen atoms in total. The van der Waals surface area contributed by atoms with Crippen molar-refractivity contribution in [1.29, 1.82) is 0 Å². The van der Waals surface area contributed by atoms with E-state index < -0.39 is 0 Å². The Morgan fingerprint density at radius 1 is 1.53 bits per heavy atom. The van der Waals surface area contributed by atoms with E-state index in [1.165, 1.54) is 0 Å². The van der Waals surface area contributed by atoms with Crippen LogP contribution in [0, 0.1) is 0 Å². The summed E-state index contributed by atoms with van der Waals surface area (Å²) in [4.78, 5) is 4.34. The first-order valence-corrected chi connectivity index (χ1v) is 5.33. The minimum Gasteiger partial charge on any atom is -0.441 e. The number of hydrogen-bond donors (Lipinski definition) is 1. The van der Waals surface area contributed by atoms with Crippen LogP contribution in [-0.2, 0) is 6.42 Å². The predicted octanol–water partition coefficient (Wildman–Crippen LogP) is 2.76. The van der Waals surface area contributed by atoms with Crippen LogP contribution in [0.1, 0.15) is 19.2 Å². The molecule has 0 bridgehead atoms. The standard InChI is InChI=1S/C11H13ClN2O/c1-7(13)2-5-11-14-9-6-8(12)3-4-10(9)15-11/h3-4,6-7H,2,5,13H2,1H3. The van der Waals surface area contributed by atoms with E-state index in [0.717, 1.165) is 29.8 Å². The van der Waals surface area contributed by atoms with Crippen LogP contribution in [0.3, 0.4) is 0 Å². The van der Waals surface area contributed by atoms with E-state index in [0.29, 0.717) is 5.02 Å². The van der Waals surface area contributed by atoms with Gasteiger partial charge in [-0.05, 0) is 31.5 Å². The van der Waals surface area contributed by atoms with Crippen molar-refractivity contribution in [3.8, 4) is 0 Å². The quantitative estimate of drug-likeness (QED) is 0.872. The van der Waals surface area contributed by atoms with Gasteiger partial charge in [-0.2, -0.15) is 0 Å². The number of nitrogens with zero attached hydrogens (tertiary/aromatic N) is 1. The van der Waals surface area contributed by atoms with Gasteiger partial charge in [-0.1, -0.05) is 11.6 Å². The molecule has 15 heavy (non-hydrogen) atoms. The topological polar surface area (TPSA) is 52.0 Å². The predicted molar refractivity (Wildman–Crippen MR) is 61.0 cm³/mol. The number of halogens is 1. The minimum absolute atomic E-state index is 0.170. The highest BCUT2D eigenvalue weighted by molar-refractivity contribution is 6.31. The van der Waals surface area contributed by atoms with Gasteiger partial charge in [0.05, 0.1) is 0 Å². The van der Waals surface area contributed by atoms with Gasteiger partial charge in [0.25, 0.3) is 0 Å². The van der Waals surface area contributed by atoms with Gasteiger partial charge < -0.3 is 10.2 Å². The molecule has 0 aliphatic carbocycles. The average Bonchev–Trinajstić information content (AvgIpc) is 2.56. The molecule has 2 N–H and O–H groups in total. The molecule has 1 atom stereocenters. The summed E-state index contributed by atoms with van der Waals surface area (Å²) in [6.07, 6.45) is 1.64. The second-order valence-electron chi connectivity index (χ2n) is 3.74. The first-order chi connectivity index (χ1) is 7.15. The largest absolute Gasteiger partial charge is 0.441 e. The second-order valence-corrected chi connectivity index (χ2v) is 4.17. The molecule has 0 fully saturated rings. The highest BCUT2D eigenvalue weighted by atomic mass is 35.5. The van der Waals surface area contributed by atoms with E-state index >= 15 is 0 Å². The van der Waals surface area contributed by atoms with Crippen molar-refractivity contribution in [2.24, 2.45) is 5.73 Å². The lowest BCUT2D eigenvalue weighted by atomic mass is 10.2. The lowest BCUT2D eigenvalue weighted by molar-refractivity contribution is 0.504. The summed E-state index contributed by atoms with van der Waals surface area (Å²) >= 11 is 5.85. The first-order valence-electron chi connectivity index (χ1n) is 4.95. The third-order valence-electron chi connectivity index (χ3n) is 2.21. The zero-order valence-electron chi connectivity index (χ0n) is 8.53. The zero-order chi connectivity index (χ0) is 10.8. The molecule has 1 heterocycles. The lowest BCUT2D eigenvalue weighted by Gasteiger charge is -1.99. The fourth-order valence-corrected chi connectivity index (χ4v) is 1.57. The summed E-state index contributed by atoms with van der Waals surface area (Å²) in [5, 5.41) is 0.676. The summed E-state index contributed by atoms with van der Waals surface area (Å²) in [7, 11) is 0. The van der Waals surface area contributed by atoms with Gasteiger partial charge in [0.2, 0.25) is 0 Å². The molecule has 0 aliphatic rings. The minimum atomic E-state index is 0.170. The van der Waals surface area contributed by atoms with Crippen molar-refractivity contribution in [3.63, 3.8) is 0 Å².